The summed E-state index contributed by atoms with van der Waals surface area (Å²) in [4.78, 5) is 43.4. The van der Waals surface area contributed by atoms with Crippen molar-refractivity contribution in [1.82, 2.24) is 15.5 Å². The summed E-state index contributed by atoms with van der Waals surface area (Å²) in [6.07, 6.45) is 4.77. The number of carbonyl (C=O) groups is 3. The van der Waals surface area contributed by atoms with E-state index in [1.165, 1.54) is 11.8 Å². The number of hydrogen-bond donors (Lipinski definition) is 3. The number of nitrogens with one attached hydrogen (secondary N) is 3. The predicted octanol–water partition coefficient (Wildman–Crippen LogP) is 4.91. The molecule has 0 saturated heterocycles. The van der Waals surface area contributed by atoms with Gasteiger partial charge in [0.1, 0.15) is 11.5 Å². The van der Waals surface area contributed by atoms with Crippen LogP contribution >= 0.6 is 11.8 Å². The van der Waals surface area contributed by atoms with Crippen molar-refractivity contribution >= 4 is 47.1 Å². The van der Waals surface area contributed by atoms with Crippen LogP contribution in [-0.4, -0.2) is 33.1 Å². The lowest BCUT2D eigenvalue weighted by Crippen LogP contribution is -2.30. The van der Waals surface area contributed by atoms with E-state index in [0.717, 1.165) is 4.90 Å². The maximum absolute atomic E-state index is 13.2. The quantitative estimate of drug-likeness (QED) is 0.209. The number of aryl methyl sites for hydroxylation is 1. The smallest absolute Gasteiger partial charge is 0.272 e. The molecule has 0 aliphatic heterocycles. The number of benzene rings is 2. The first-order valence-electron chi connectivity index (χ1n) is 11.7. The van der Waals surface area contributed by atoms with E-state index in [-0.39, 0.29) is 11.6 Å². The molecule has 10 heteroatoms. The minimum atomic E-state index is -0.507. The van der Waals surface area contributed by atoms with Gasteiger partial charge in [-0.25, -0.2) is 0 Å². The van der Waals surface area contributed by atoms with Crippen molar-refractivity contribution in [1.29, 1.82) is 0 Å². The van der Waals surface area contributed by atoms with Crippen LogP contribution in [0.1, 0.15) is 28.6 Å². The topological polar surface area (TPSA) is 126 Å². The fourth-order valence-corrected chi connectivity index (χ4v) is 4.25. The standard InChI is InChI=1S/C28H25N5O4S/c1-18-14-25(33-37-18)32-26(34)19(2)38-23-12-6-11-22(16-23)30-28(36)24(15-20-8-7-13-29-17-20)31-27(35)21-9-4-3-5-10-21/h3-17,19H,1-2H3,(H,30,36)(H,31,35)(H,32,33,34)/b24-15-. The average Bonchev–Trinajstić information content (AvgIpc) is 3.33. The molecule has 9 nitrogen and oxygen atoms in total. The zero-order valence-electron chi connectivity index (χ0n) is 20.7. The molecule has 0 radical (unpaired) electrons. The van der Waals surface area contributed by atoms with E-state index < -0.39 is 17.1 Å². The molecule has 4 aromatic rings. The number of anilines is 2. The molecule has 0 aliphatic carbocycles. The van der Waals surface area contributed by atoms with Gasteiger partial charge in [-0.3, -0.25) is 19.4 Å². The summed E-state index contributed by atoms with van der Waals surface area (Å²) in [5.41, 5.74) is 1.63. The van der Waals surface area contributed by atoms with Crippen LogP contribution in [0.15, 0.2) is 100 Å². The number of aromatic nitrogens is 2. The first-order valence-corrected chi connectivity index (χ1v) is 12.6. The lowest BCUT2D eigenvalue weighted by molar-refractivity contribution is -0.115. The Hall–Kier alpha value is -4.70. The van der Waals surface area contributed by atoms with E-state index in [4.69, 9.17) is 4.52 Å². The highest BCUT2D eigenvalue weighted by atomic mass is 32.2. The molecular formula is C28H25N5O4S. The summed E-state index contributed by atoms with van der Waals surface area (Å²) in [6.45, 7) is 3.51. The summed E-state index contributed by atoms with van der Waals surface area (Å²) in [7, 11) is 0. The molecule has 38 heavy (non-hydrogen) atoms. The third kappa shape index (κ3) is 7.40. The van der Waals surface area contributed by atoms with Crippen molar-refractivity contribution in [3.05, 3.63) is 108 Å². The predicted molar refractivity (Wildman–Crippen MR) is 146 cm³/mol. The van der Waals surface area contributed by atoms with Gasteiger partial charge in [-0.1, -0.05) is 35.5 Å². The van der Waals surface area contributed by atoms with Crippen LogP contribution in [0.5, 0.6) is 0 Å². The first-order chi connectivity index (χ1) is 18.4. The Morgan fingerprint density at radius 1 is 0.974 bits per heavy atom. The Labute approximate surface area is 223 Å². The number of pyridine rings is 1. The minimum absolute atomic E-state index is 0.0561. The molecule has 2 heterocycles. The molecule has 1 atom stereocenters. The van der Waals surface area contributed by atoms with Crippen molar-refractivity contribution in [3.8, 4) is 0 Å². The van der Waals surface area contributed by atoms with Gasteiger partial charge in [0.05, 0.1) is 5.25 Å². The molecule has 2 aromatic heterocycles. The number of rotatable bonds is 9. The van der Waals surface area contributed by atoms with Gasteiger partial charge in [-0.15, -0.1) is 11.8 Å². The Kier molecular flexibility index (Phi) is 8.68. The highest BCUT2D eigenvalue weighted by Gasteiger charge is 2.18. The summed E-state index contributed by atoms with van der Waals surface area (Å²) < 4.78 is 4.98. The van der Waals surface area contributed by atoms with E-state index in [9.17, 15) is 14.4 Å². The Bertz CT molecular complexity index is 1450. The second-order valence-electron chi connectivity index (χ2n) is 8.22. The van der Waals surface area contributed by atoms with E-state index in [1.54, 1.807) is 99.0 Å². The van der Waals surface area contributed by atoms with Crippen molar-refractivity contribution in [2.75, 3.05) is 10.6 Å². The minimum Gasteiger partial charge on any atom is -0.360 e. The third-order valence-electron chi connectivity index (χ3n) is 5.18. The highest BCUT2D eigenvalue weighted by Crippen LogP contribution is 2.27. The maximum atomic E-state index is 13.2. The fraction of sp³-hybridized carbons (Fsp3) is 0.107. The SMILES string of the molecule is Cc1cc(NC(=O)C(C)Sc2cccc(NC(=O)/C(=C/c3cccnc3)NC(=O)c3ccccc3)c2)no1. The molecule has 1 unspecified atom stereocenters. The lowest BCUT2D eigenvalue weighted by atomic mass is 10.2. The van der Waals surface area contributed by atoms with Crippen LogP contribution in [0.4, 0.5) is 11.5 Å². The number of carbonyl (C=O) groups excluding carboxylic acids is 3. The van der Waals surface area contributed by atoms with Crippen LogP contribution in [0, 0.1) is 6.92 Å². The van der Waals surface area contributed by atoms with E-state index >= 15 is 0 Å². The van der Waals surface area contributed by atoms with Gasteiger partial charge < -0.3 is 20.5 Å². The number of nitrogens with zero attached hydrogens (tertiary/aromatic N) is 2. The van der Waals surface area contributed by atoms with Crippen molar-refractivity contribution in [3.63, 3.8) is 0 Å². The molecule has 0 aliphatic rings. The van der Waals surface area contributed by atoms with E-state index in [0.29, 0.717) is 28.4 Å². The van der Waals surface area contributed by atoms with E-state index in [2.05, 4.69) is 26.1 Å². The van der Waals surface area contributed by atoms with Crippen molar-refractivity contribution < 1.29 is 18.9 Å². The largest absolute Gasteiger partial charge is 0.360 e. The van der Waals surface area contributed by atoms with Crippen LogP contribution in [0.3, 0.4) is 0 Å². The lowest BCUT2D eigenvalue weighted by Gasteiger charge is -2.13. The molecule has 0 saturated carbocycles. The zero-order chi connectivity index (χ0) is 26.9. The Morgan fingerprint density at radius 3 is 2.50 bits per heavy atom. The van der Waals surface area contributed by atoms with Crippen molar-refractivity contribution in [2.45, 2.75) is 24.0 Å². The molecule has 4 rings (SSSR count). The average molecular weight is 528 g/mol. The summed E-state index contributed by atoms with van der Waals surface area (Å²) >= 11 is 1.32. The highest BCUT2D eigenvalue weighted by molar-refractivity contribution is 8.00. The Morgan fingerprint density at radius 2 is 1.79 bits per heavy atom. The molecule has 192 valence electrons. The van der Waals surface area contributed by atoms with E-state index in [1.807, 2.05) is 6.07 Å². The van der Waals surface area contributed by atoms with Gasteiger partial charge >= 0.3 is 0 Å². The van der Waals surface area contributed by atoms with Crippen LogP contribution in [0.25, 0.3) is 6.08 Å². The number of amides is 3. The van der Waals surface area contributed by atoms with Crippen LogP contribution in [-0.2, 0) is 9.59 Å². The molecule has 0 bridgehead atoms. The fourth-order valence-electron chi connectivity index (χ4n) is 3.33. The van der Waals surface area contributed by atoms with Gasteiger partial charge in [-0.05, 0) is 61.9 Å². The van der Waals surface area contributed by atoms with Crippen LogP contribution in [0.2, 0.25) is 0 Å². The maximum Gasteiger partial charge on any atom is 0.272 e. The second-order valence-corrected chi connectivity index (χ2v) is 9.63. The van der Waals surface area contributed by atoms with Gasteiger partial charge in [0.25, 0.3) is 11.8 Å². The first kappa shape index (κ1) is 26.4. The molecule has 0 fully saturated rings. The van der Waals surface area contributed by atoms with Gasteiger partial charge in [0, 0.05) is 34.6 Å². The van der Waals surface area contributed by atoms with Gasteiger partial charge in [-0.2, -0.15) is 0 Å². The molecule has 2 aromatic carbocycles. The van der Waals surface area contributed by atoms with Gasteiger partial charge in [0.2, 0.25) is 5.91 Å². The second kappa shape index (κ2) is 12.5. The van der Waals surface area contributed by atoms with Gasteiger partial charge in [0.15, 0.2) is 5.82 Å². The summed E-state index contributed by atoms with van der Waals surface area (Å²) in [5.74, 6) is -0.203. The third-order valence-corrected chi connectivity index (χ3v) is 6.27. The summed E-state index contributed by atoms with van der Waals surface area (Å²) in [5, 5.41) is 11.6. The van der Waals surface area contributed by atoms with Crippen LogP contribution < -0.4 is 16.0 Å². The zero-order valence-corrected chi connectivity index (χ0v) is 21.5. The Balaban J connectivity index is 1.46. The molecule has 0 spiro atoms. The van der Waals surface area contributed by atoms with Crippen molar-refractivity contribution in [2.24, 2.45) is 0 Å². The number of hydrogen-bond acceptors (Lipinski definition) is 7. The molecule has 3 amide bonds. The summed E-state index contributed by atoms with van der Waals surface area (Å²) in [6, 6.07) is 20.9. The normalized spacial score (nSPS) is 11.9. The monoisotopic (exact) mass is 527 g/mol. The molecule has 3 N–H and O–H groups in total. The molecular weight excluding hydrogens is 502 g/mol. The number of thioether (sulfide) groups is 1.